The van der Waals surface area contributed by atoms with Crippen LogP contribution in [0.3, 0.4) is 0 Å². The van der Waals surface area contributed by atoms with Crippen LogP contribution < -0.4 is 10.0 Å². The van der Waals surface area contributed by atoms with E-state index in [-0.39, 0.29) is 24.6 Å². The third kappa shape index (κ3) is 4.85. The molecule has 144 valence electrons. The van der Waals surface area contributed by atoms with Crippen LogP contribution in [0.5, 0.6) is 0 Å². The number of aryl methyl sites for hydroxylation is 2. The molecule has 1 amide bonds. The summed E-state index contributed by atoms with van der Waals surface area (Å²) >= 11 is 0. The summed E-state index contributed by atoms with van der Waals surface area (Å²) in [5, 5.41) is 13.7. The molecule has 3 rings (SSSR count). The molecular weight excluding hydrogens is 368 g/mol. The number of aromatic nitrogens is 4. The number of nitrogens with one attached hydrogen (secondary N) is 3. The Morgan fingerprint density at radius 1 is 1.30 bits per heavy atom. The summed E-state index contributed by atoms with van der Waals surface area (Å²) in [6, 6.07) is 5.10. The first-order chi connectivity index (χ1) is 12.8. The lowest BCUT2D eigenvalue weighted by atomic mass is 10.1. The maximum atomic E-state index is 12.2. The number of hydrogen-bond acceptors (Lipinski definition) is 5. The van der Waals surface area contributed by atoms with Crippen LogP contribution in [0.25, 0.3) is 5.52 Å². The highest BCUT2D eigenvalue weighted by Gasteiger charge is 2.13. The Balaban J connectivity index is 1.46. The van der Waals surface area contributed by atoms with Crippen molar-refractivity contribution in [1.82, 2.24) is 25.1 Å². The van der Waals surface area contributed by atoms with Crippen LogP contribution in [-0.4, -0.2) is 46.4 Å². The SMILES string of the molecule is Cc1n[nH]c(C)c1CCC(=O)NCCS(=O)(=O)Nc1ccn2nccc2c1. The lowest BCUT2D eigenvalue weighted by Crippen LogP contribution is -2.31. The zero-order valence-electron chi connectivity index (χ0n) is 15.2. The van der Waals surface area contributed by atoms with Gasteiger partial charge in [0.1, 0.15) is 0 Å². The average Bonchev–Trinajstić information content (AvgIpc) is 3.19. The van der Waals surface area contributed by atoms with Crippen LogP contribution >= 0.6 is 0 Å². The molecule has 0 aliphatic carbocycles. The van der Waals surface area contributed by atoms with Crippen LogP contribution in [-0.2, 0) is 21.2 Å². The van der Waals surface area contributed by atoms with Gasteiger partial charge in [-0.05, 0) is 44.0 Å². The second kappa shape index (κ2) is 7.78. The summed E-state index contributed by atoms with van der Waals surface area (Å²) in [4.78, 5) is 12.0. The molecule has 0 saturated carbocycles. The maximum absolute atomic E-state index is 12.2. The molecule has 27 heavy (non-hydrogen) atoms. The molecule has 3 N–H and O–H groups in total. The number of carbonyl (C=O) groups is 1. The molecule has 0 radical (unpaired) electrons. The molecular formula is C17H22N6O3S. The number of anilines is 1. The van der Waals surface area contributed by atoms with E-state index in [2.05, 4.69) is 25.3 Å². The Bertz CT molecular complexity index is 1030. The van der Waals surface area contributed by atoms with Crippen molar-refractivity contribution >= 4 is 27.1 Å². The van der Waals surface area contributed by atoms with Crippen LogP contribution in [0.2, 0.25) is 0 Å². The monoisotopic (exact) mass is 390 g/mol. The minimum atomic E-state index is -3.56. The second-order valence-corrected chi connectivity index (χ2v) is 8.14. The van der Waals surface area contributed by atoms with E-state index < -0.39 is 10.0 Å². The van der Waals surface area contributed by atoms with Crippen molar-refractivity contribution < 1.29 is 13.2 Å². The fourth-order valence-electron chi connectivity index (χ4n) is 2.81. The Labute approximate surface area is 157 Å². The Morgan fingerprint density at radius 2 is 2.11 bits per heavy atom. The summed E-state index contributed by atoms with van der Waals surface area (Å²) in [7, 11) is -3.56. The zero-order chi connectivity index (χ0) is 19.4. The van der Waals surface area contributed by atoms with E-state index in [0.717, 1.165) is 22.5 Å². The van der Waals surface area contributed by atoms with E-state index in [1.165, 1.54) is 0 Å². The molecule has 0 spiro atoms. The molecule has 9 nitrogen and oxygen atoms in total. The topological polar surface area (TPSA) is 121 Å². The number of pyridine rings is 1. The van der Waals surface area contributed by atoms with Gasteiger partial charge in [-0.3, -0.25) is 14.6 Å². The third-order valence-corrected chi connectivity index (χ3v) is 5.54. The molecule has 0 fully saturated rings. The van der Waals surface area contributed by atoms with Gasteiger partial charge in [-0.2, -0.15) is 10.2 Å². The summed E-state index contributed by atoms with van der Waals surface area (Å²) < 4.78 is 28.5. The summed E-state index contributed by atoms with van der Waals surface area (Å²) in [5.41, 5.74) is 4.09. The largest absolute Gasteiger partial charge is 0.355 e. The first-order valence-electron chi connectivity index (χ1n) is 8.55. The molecule has 3 aromatic rings. The predicted octanol–water partition coefficient (Wildman–Crippen LogP) is 1.16. The average molecular weight is 390 g/mol. The highest BCUT2D eigenvalue weighted by molar-refractivity contribution is 7.92. The molecule has 0 unspecified atom stereocenters. The summed E-state index contributed by atoms with van der Waals surface area (Å²) in [6.07, 6.45) is 4.16. The maximum Gasteiger partial charge on any atom is 0.234 e. The van der Waals surface area contributed by atoms with Gasteiger partial charge >= 0.3 is 0 Å². The number of aromatic amines is 1. The van der Waals surface area contributed by atoms with Crippen molar-refractivity contribution in [3.05, 3.63) is 47.5 Å². The molecule has 0 aromatic carbocycles. The van der Waals surface area contributed by atoms with Crippen molar-refractivity contribution in [3.8, 4) is 0 Å². The number of carbonyl (C=O) groups excluding carboxylic acids is 1. The van der Waals surface area contributed by atoms with Crippen LogP contribution in [0.4, 0.5) is 5.69 Å². The van der Waals surface area contributed by atoms with Crippen LogP contribution in [0.1, 0.15) is 23.4 Å². The Morgan fingerprint density at radius 3 is 2.85 bits per heavy atom. The number of amides is 1. The molecule has 0 atom stereocenters. The van der Waals surface area contributed by atoms with E-state index in [9.17, 15) is 13.2 Å². The van der Waals surface area contributed by atoms with Crippen molar-refractivity contribution in [1.29, 1.82) is 0 Å². The number of H-pyrrole nitrogens is 1. The summed E-state index contributed by atoms with van der Waals surface area (Å²) in [5.74, 6) is -0.390. The van der Waals surface area contributed by atoms with Gasteiger partial charge in [0.25, 0.3) is 0 Å². The number of sulfonamides is 1. The fraction of sp³-hybridized carbons (Fsp3) is 0.353. The van der Waals surface area contributed by atoms with E-state index in [4.69, 9.17) is 0 Å². The van der Waals surface area contributed by atoms with Crippen molar-refractivity contribution in [3.63, 3.8) is 0 Å². The van der Waals surface area contributed by atoms with Gasteiger partial charge in [-0.15, -0.1) is 0 Å². The number of fused-ring (bicyclic) bond motifs is 1. The van der Waals surface area contributed by atoms with Gasteiger partial charge in [-0.1, -0.05) is 0 Å². The third-order valence-electron chi connectivity index (χ3n) is 4.25. The molecule has 0 aliphatic rings. The highest BCUT2D eigenvalue weighted by Crippen LogP contribution is 2.13. The number of nitrogens with zero attached hydrogens (tertiary/aromatic N) is 3. The first kappa shape index (κ1) is 18.9. The second-order valence-electron chi connectivity index (χ2n) is 6.30. The van der Waals surface area contributed by atoms with E-state index in [0.29, 0.717) is 12.1 Å². The van der Waals surface area contributed by atoms with Gasteiger partial charge in [0.2, 0.25) is 15.9 Å². The molecule has 0 saturated heterocycles. The predicted molar refractivity (Wildman–Crippen MR) is 102 cm³/mol. The number of hydrogen-bond donors (Lipinski definition) is 3. The van der Waals surface area contributed by atoms with Crippen molar-refractivity contribution in [2.75, 3.05) is 17.0 Å². The lowest BCUT2D eigenvalue weighted by molar-refractivity contribution is -0.120. The molecule has 0 aliphatic heterocycles. The Hall–Kier alpha value is -2.88. The molecule has 10 heteroatoms. The molecule has 0 bridgehead atoms. The minimum absolute atomic E-state index is 0.0481. The van der Waals surface area contributed by atoms with Gasteiger partial charge in [0.05, 0.1) is 22.7 Å². The lowest BCUT2D eigenvalue weighted by Gasteiger charge is -2.09. The van der Waals surface area contributed by atoms with Gasteiger partial charge in [0, 0.05) is 31.1 Å². The van der Waals surface area contributed by atoms with E-state index >= 15 is 0 Å². The molecule has 3 heterocycles. The fourth-order valence-corrected chi connectivity index (χ4v) is 3.77. The smallest absolute Gasteiger partial charge is 0.234 e. The summed E-state index contributed by atoms with van der Waals surface area (Å²) in [6.45, 7) is 3.84. The van der Waals surface area contributed by atoms with Crippen LogP contribution in [0, 0.1) is 13.8 Å². The molecule has 3 aromatic heterocycles. The quantitative estimate of drug-likeness (QED) is 0.533. The first-order valence-corrected chi connectivity index (χ1v) is 10.2. The van der Waals surface area contributed by atoms with E-state index in [1.807, 2.05) is 13.8 Å². The van der Waals surface area contributed by atoms with E-state index in [1.54, 1.807) is 35.1 Å². The highest BCUT2D eigenvalue weighted by atomic mass is 32.2. The van der Waals surface area contributed by atoms with Crippen molar-refractivity contribution in [2.24, 2.45) is 0 Å². The Kier molecular flexibility index (Phi) is 5.45. The van der Waals surface area contributed by atoms with Gasteiger partial charge in [0.15, 0.2) is 0 Å². The van der Waals surface area contributed by atoms with Gasteiger partial charge < -0.3 is 5.32 Å². The normalized spacial score (nSPS) is 11.6. The van der Waals surface area contributed by atoms with Gasteiger partial charge in [-0.25, -0.2) is 12.9 Å². The zero-order valence-corrected chi connectivity index (χ0v) is 16.0. The van der Waals surface area contributed by atoms with Crippen molar-refractivity contribution in [2.45, 2.75) is 26.7 Å². The van der Waals surface area contributed by atoms with Crippen LogP contribution in [0.15, 0.2) is 30.6 Å². The number of rotatable bonds is 8. The minimum Gasteiger partial charge on any atom is -0.355 e. The standard InChI is InChI=1S/C17H22N6O3S/c1-12-16(13(2)21-20-12)3-4-17(24)18-8-10-27(25,26)22-14-6-9-23-15(11-14)5-7-19-23/h5-7,9,11,22H,3-4,8,10H2,1-2H3,(H,18,24)(H,20,21).